The summed E-state index contributed by atoms with van der Waals surface area (Å²) in [6.45, 7) is 0.754. The first kappa shape index (κ1) is 11.7. The Morgan fingerprint density at radius 2 is 2.07 bits per heavy atom. The molecule has 0 saturated carbocycles. The first-order chi connectivity index (χ1) is 6.88. The van der Waals surface area contributed by atoms with Gasteiger partial charge in [0, 0.05) is 10.8 Å². The molecule has 14 heavy (non-hydrogen) atoms. The van der Waals surface area contributed by atoms with Crippen LogP contribution >= 0.6 is 23.4 Å². The second-order valence-electron chi connectivity index (χ2n) is 2.90. The van der Waals surface area contributed by atoms with Crippen LogP contribution in [0.1, 0.15) is 12.8 Å². The molecule has 0 unspecified atom stereocenters. The number of ether oxygens (including phenoxy) is 1. The van der Waals surface area contributed by atoms with Crippen molar-refractivity contribution in [1.29, 1.82) is 0 Å². The summed E-state index contributed by atoms with van der Waals surface area (Å²) in [6.07, 6.45) is 4.09. The Kier molecular flexibility index (Phi) is 5.88. The van der Waals surface area contributed by atoms with E-state index in [4.69, 9.17) is 16.3 Å². The molecule has 1 aromatic carbocycles. The van der Waals surface area contributed by atoms with Gasteiger partial charge in [0.05, 0.1) is 6.61 Å². The Morgan fingerprint density at radius 3 is 2.79 bits per heavy atom. The van der Waals surface area contributed by atoms with E-state index in [0.29, 0.717) is 5.88 Å². The normalized spacial score (nSPS) is 10.1. The summed E-state index contributed by atoms with van der Waals surface area (Å²) in [5, 5.41) is 0. The Bertz CT molecular complexity index is 265. The lowest BCUT2D eigenvalue weighted by Gasteiger charge is -2.08. The van der Waals surface area contributed by atoms with Crippen LogP contribution in [0.3, 0.4) is 0 Å². The molecule has 0 heterocycles. The molecule has 0 atom stereocenters. The van der Waals surface area contributed by atoms with E-state index in [9.17, 15) is 0 Å². The highest BCUT2D eigenvalue weighted by Gasteiger charge is 2.00. The summed E-state index contributed by atoms with van der Waals surface area (Å²) in [4.78, 5) is 1.19. The van der Waals surface area contributed by atoms with Crippen molar-refractivity contribution in [1.82, 2.24) is 0 Å². The molecule has 0 aliphatic heterocycles. The monoisotopic (exact) mass is 230 g/mol. The van der Waals surface area contributed by atoms with Crippen LogP contribution in [0.4, 0.5) is 0 Å². The van der Waals surface area contributed by atoms with Gasteiger partial charge in [-0.25, -0.2) is 0 Å². The summed E-state index contributed by atoms with van der Waals surface area (Å²) in [7, 11) is 0. The van der Waals surface area contributed by atoms with Crippen LogP contribution in [-0.2, 0) is 0 Å². The number of hydrogen-bond acceptors (Lipinski definition) is 2. The minimum atomic E-state index is 0.716. The highest BCUT2D eigenvalue weighted by Crippen LogP contribution is 2.26. The highest BCUT2D eigenvalue weighted by molar-refractivity contribution is 7.98. The molecule has 0 saturated heterocycles. The smallest absolute Gasteiger partial charge is 0.132 e. The second-order valence-corrected chi connectivity index (χ2v) is 4.12. The van der Waals surface area contributed by atoms with Crippen molar-refractivity contribution < 1.29 is 4.74 Å². The molecule has 0 spiro atoms. The van der Waals surface area contributed by atoms with Gasteiger partial charge >= 0.3 is 0 Å². The summed E-state index contributed by atoms with van der Waals surface area (Å²) >= 11 is 7.29. The maximum atomic E-state index is 5.65. The molecule has 0 N–H and O–H groups in total. The standard InChI is InChI=1S/C11H15ClOS/c1-14-11-7-3-2-6-10(11)13-9-5-4-8-12/h2-3,6-7H,4-5,8-9H2,1H3. The van der Waals surface area contributed by atoms with Gasteiger partial charge in [0.25, 0.3) is 0 Å². The quantitative estimate of drug-likeness (QED) is 0.418. The van der Waals surface area contributed by atoms with Crippen LogP contribution in [0.5, 0.6) is 5.75 Å². The van der Waals surface area contributed by atoms with Gasteiger partial charge in [0.15, 0.2) is 0 Å². The SMILES string of the molecule is CSc1ccccc1OCCCCCl. The fraction of sp³-hybridized carbons (Fsp3) is 0.455. The Morgan fingerprint density at radius 1 is 1.29 bits per heavy atom. The van der Waals surface area contributed by atoms with Crippen molar-refractivity contribution in [3.05, 3.63) is 24.3 Å². The maximum absolute atomic E-state index is 5.65. The number of hydrogen-bond donors (Lipinski definition) is 0. The molecule has 0 aliphatic carbocycles. The fourth-order valence-electron chi connectivity index (χ4n) is 1.12. The van der Waals surface area contributed by atoms with Crippen LogP contribution in [0.15, 0.2) is 29.2 Å². The van der Waals surface area contributed by atoms with Gasteiger partial charge in [-0.2, -0.15) is 0 Å². The van der Waals surface area contributed by atoms with Gasteiger partial charge in [-0.15, -0.1) is 23.4 Å². The van der Waals surface area contributed by atoms with Gasteiger partial charge < -0.3 is 4.74 Å². The zero-order valence-corrected chi connectivity index (χ0v) is 9.90. The van der Waals surface area contributed by atoms with Crippen molar-refractivity contribution in [2.75, 3.05) is 18.7 Å². The summed E-state index contributed by atoms with van der Waals surface area (Å²) in [6, 6.07) is 8.10. The Hall–Kier alpha value is -0.340. The van der Waals surface area contributed by atoms with E-state index in [2.05, 4.69) is 12.3 Å². The molecule has 1 nitrogen and oxygen atoms in total. The van der Waals surface area contributed by atoms with Crippen molar-refractivity contribution in [2.24, 2.45) is 0 Å². The molecule has 0 radical (unpaired) electrons. The fourth-order valence-corrected chi connectivity index (χ4v) is 1.85. The highest BCUT2D eigenvalue weighted by atomic mass is 35.5. The van der Waals surface area contributed by atoms with E-state index < -0.39 is 0 Å². The minimum absolute atomic E-state index is 0.716. The molecule has 0 bridgehead atoms. The zero-order chi connectivity index (χ0) is 10.2. The third-order valence-electron chi connectivity index (χ3n) is 1.85. The van der Waals surface area contributed by atoms with Crippen LogP contribution in [0.25, 0.3) is 0 Å². The van der Waals surface area contributed by atoms with Crippen molar-refractivity contribution in [2.45, 2.75) is 17.7 Å². The number of thioether (sulfide) groups is 1. The molecule has 0 aromatic heterocycles. The lowest BCUT2D eigenvalue weighted by atomic mass is 10.3. The van der Waals surface area contributed by atoms with E-state index in [1.807, 2.05) is 18.2 Å². The third-order valence-corrected chi connectivity index (χ3v) is 2.90. The van der Waals surface area contributed by atoms with E-state index in [1.165, 1.54) is 4.90 Å². The van der Waals surface area contributed by atoms with Crippen LogP contribution in [0, 0.1) is 0 Å². The maximum Gasteiger partial charge on any atom is 0.132 e. The van der Waals surface area contributed by atoms with Gasteiger partial charge in [-0.05, 0) is 31.2 Å². The van der Waals surface area contributed by atoms with Gasteiger partial charge in [0.1, 0.15) is 5.75 Å². The number of rotatable bonds is 6. The zero-order valence-electron chi connectivity index (χ0n) is 8.33. The van der Waals surface area contributed by atoms with Crippen molar-refractivity contribution in [3.63, 3.8) is 0 Å². The van der Waals surface area contributed by atoms with Crippen LogP contribution < -0.4 is 4.74 Å². The minimum Gasteiger partial charge on any atom is -0.492 e. The molecule has 0 aliphatic rings. The average molecular weight is 231 g/mol. The van der Waals surface area contributed by atoms with Crippen molar-refractivity contribution >= 4 is 23.4 Å². The molecular weight excluding hydrogens is 216 g/mol. The predicted molar refractivity (Wildman–Crippen MR) is 63.7 cm³/mol. The van der Waals surface area contributed by atoms with E-state index in [1.54, 1.807) is 11.8 Å². The molecule has 3 heteroatoms. The predicted octanol–water partition coefficient (Wildman–Crippen LogP) is 3.81. The molecule has 0 amide bonds. The molecule has 0 fully saturated rings. The Labute approximate surface area is 94.8 Å². The topological polar surface area (TPSA) is 9.23 Å². The van der Waals surface area contributed by atoms with Crippen LogP contribution in [0.2, 0.25) is 0 Å². The number of para-hydroxylation sites is 1. The second kappa shape index (κ2) is 7.02. The van der Waals surface area contributed by atoms with Crippen molar-refractivity contribution in [3.8, 4) is 5.75 Å². The number of halogens is 1. The first-order valence-electron chi connectivity index (χ1n) is 4.70. The summed E-state index contributed by atoms with van der Waals surface area (Å²) in [5.74, 6) is 1.70. The van der Waals surface area contributed by atoms with E-state index in [-0.39, 0.29) is 0 Å². The average Bonchev–Trinajstić information content (AvgIpc) is 2.25. The third kappa shape index (κ3) is 3.81. The van der Waals surface area contributed by atoms with Gasteiger partial charge in [-0.1, -0.05) is 12.1 Å². The lowest BCUT2D eigenvalue weighted by molar-refractivity contribution is 0.303. The number of benzene rings is 1. The van der Waals surface area contributed by atoms with E-state index in [0.717, 1.165) is 25.2 Å². The number of unbranched alkanes of at least 4 members (excludes halogenated alkanes) is 1. The molecule has 1 aromatic rings. The lowest BCUT2D eigenvalue weighted by Crippen LogP contribution is -1.98. The van der Waals surface area contributed by atoms with Gasteiger partial charge in [-0.3, -0.25) is 0 Å². The van der Waals surface area contributed by atoms with Gasteiger partial charge in [0.2, 0.25) is 0 Å². The summed E-state index contributed by atoms with van der Waals surface area (Å²) < 4.78 is 5.65. The first-order valence-corrected chi connectivity index (χ1v) is 6.46. The molecule has 1 rings (SSSR count). The molecular formula is C11H15ClOS. The molecule has 78 valence electrons. The van der Waals surface area contributed by atoms with E-state index >= 15 is 0 Å². The summed E-state index contributed by atoms with van der Waals surface area (Å²) in [5.41, 5.74) is 0. The number of alkyl halides is 1. The van der Waals surface area contributed by atoms with Crippen LogP contribution in [-0.4, -0.2) is 18.7 Å². The largest absolute Gasteiger partial charge is 0.492 e. The Balaban J connectivity index is 2.41.